The summed E-state index contributed by atoms with van der Waals surface area (Å²) in [5.41, 5.74) is 11.4. The summed E-state index contributed by atoms with van der Waals surface area (Å²) < 4.78 is 0. The molecule has 0 amide bonds. The van der Waals surface area contributed by atoms with Crippen LogP contribution in [0.4, 0.5) is 11.4 Å². The van der Waals surface area contributed by atoms with Crippen molar-refractivity contribution in [2.45, 2.75) is 0 Å². The maximum Gasteiger partial charge on any atom is 0.180 e. The van der Waals surface area contributed by atoms with Gasteiger partial charge in [-0.25, -0.2) is 0 Å². The van der Waals surface area contributed by atoms with E-state index in [2.05, 4.69) is 0 Å². The van der Waals surface area contributed by atoms with Crippen LogP contribution < -0.4 is 11.5 Å². The highest BCUT2D eigenvalue weighted by atomic mass is 16.3. The number of anilines is 2. The predicted octanol–water partition coefficient (Wildman–Crippen LogP) is 0.995. The molecule has 0 saturated heterocycles. The van der Waals surface area contributed by atoms with E-state index in [0.717, 1.165) is 0 Å². The van der Waals surface area contributed by atoms with Crippen molar-refractivity contribution in [1.82, 2.24) is 0 Å². The summed E-state index contributed by atoms with van der Waals surface area (Å²) in [4.78, 5) is 0. The number of nitrogens with two attached hydrogens (primary N) is 2. The molecule has 0 fully saturated rings. The van der Waals surface area contributed by atoms with Crippen molar-refractivity contribution in [1.29, 1.82) is 0 Å². The van der Waals surface area contributed by atoms with Gasteiger partial charge in [0.15, 0.2) is 5.75 Å². The SMILES string of the molecule is Nc1ccc([O])cc1N. The Morgan fingerprint density at radius 3 is 2.22 bits per heavy atom. The quantitative estimate of drug-likeness (QED) is 0.505. The van der Waals surface area contributed by atoms with E-state index in [9.17, 15) is 5.11 Å². The van der Waals surface area contributed by atoms with Gasteiger partial charge in [0.25, 0.3) is 0 Å². The molecule has 0 heterocycles. The molecule has 3 heteroatoms. The molecule has 1 aromatic rings. The molecular weight excluding hydrogens is 116 g/mol. The Labute approximate surface area is 52.9 Å². The molecule has 0 bridgehead atoms. The van der Waals surface area contributed by atoms with Gasteiger partial charge in [-0.1, -0.05) is 0 Å². The van der Waals surface area contributed by atoms with Crippen LogP contribution in [0.15, 0.2) is 18.2 Å². The molecule has 1 aromatic carbocycles. The highest BCUT2D eigenvalue weighted by molar-refractivity contribution is 5.64. The number of rotatable bonds is 0. The first-order chi connectivity index (χ1) is 4.20. The summed E-state index contributed by atoms with van der Waals surface area (Å²) in [6, 6.07) is 4.18. The van der Waals surface area contributed by atoms with Crippen molar-refractivity contribution >= 4 is 11.4 Å². The summed E-state index contributed by atoms with van der Waals surface area (Å²) in [7, 11) is 0. The van der Waals surface area contributed by atoms with Crippen LogP contribution in [-0.4, -0.2) is 0 Å². The molecule has 0 aliphatic carbocycles. The van der Waals surface area contributed by atoms with Gasteiger partial charge in [0, 0.05) is 6.07 Å². The van der Waals surface area contributed by atoms with Crippen LogP contribution in [0.25, 0.3) is 0 Å². The average Bonchev–Trinajstić information content (AvgIpc) is 1.80. The average molecular weight is 123 g/mol. The second-order valence-corrected chi connectivity index (χ2v) is 1.79. The summed E-state index contributed by atoms with van der Waals surface area (Å²) in [6.45, 7) is 0. The van der Waals surface area contributed by atoms with Gasteiger partial charge in [-0.2, -0.15) is 0 Å². The topological polar surface area (TPSA) is 71.9 Å². The van der Waals surface area contributed by atoms with Crippen molar-refractivity contribution in [3.8, 4) is 5.75 Å². The minimum absolute atomic E-state index is 0.110. The van der Waals surface area contributed by atoms with Gasteiger partial charge in [-0.05, 0) is 12.1 Å². The Balaban J connectivity index is 3.17. The summed E-state index contributed by atoms with van der Waals surface area (Å²) in [6.07, 6.45) is 0. The number of hydrogen-bond acceptors (Lipinski definition) is 2. The Morgan fingerprint density at radius 2 is 1.78 bits per heavy atom. The highest BCUT2D eigenvalue weighted by Crippen LogP contribution is 2.19. The fraction of sp³-hybridized carbons (Fsp3) is 0. The van der Waals surface area contributed by atoms with Gasteiger partial charge < -0.3 is 11.5 Å². The highest BCUT2D eigenvalue weighted by Gasteiger charge is 1.94. The van der Waals surface area contributed by atoms with Gasteiger partial charge in [-0.15, -0.1) is 0 Å². The predicted molar refractivity (Wildman–Crippen MR) is 35.4 cm³/mol. The fourth-order valence-corrected chi connectivity index (χ4v) is 0.553. The smallest absolute Gasteiger partial charge is 0.180 e. The molecule has 47 valence electrons. The third-order valence-electron chi connectivity index (χ3n) is 1.06. The van der Waals surface area contributed by atoms with Crippen molar-refractivity contribution in [3.63, 3.8) is 0 Å². The number of nitrogen functional groups attached to an aromatic ring is 2. The molecule has 4 N–H and O–H groups in total. The molecule has 0 aromatic heterocycles. The number of hydrogen-bond donors (Lipinski definition) is 2. The lowest BCUT2D eigenvalue weighted by molar-refractivity contribution is 0.355. The molecule has 1 radical (unpaired) electrons. The van der Waals surface area contributed by atoms with Crippen LogP contribution in [-0.2, 0) is 5.11 Å². The summed E-state index contributed by atoms with van der Waals surface area (Å²) in [5.74, 6) is -0.110. The Kier molecular flexibility index (Phi) is 1.18. The second kappa shape index (κ2) is 1.85. The van der Waals surface area contributed by atoms with E-state index in [1.807, 2.05) is 0 Å². The van der Waals surface area contributed by atoms with Gasteiger partial charge in [0.05, 0.1) is 11.4 Å². The van der Waals surface area contributed by atoms with E-state index in [-0.39, 0.29) is 5.75 Å². The Bertz CT molecular complexity index is 222. The standard InChI is InChI=1S/C6H7N2O/c7-5-2-1-4(9)3-6(5)8/h1-3H,7-8H2. The van der Waals surface area contributed by atoms with Crippen molar-refractivity contribution in [3.05, 3.63) is 18.2 Å². The monoisotopic (exact) mass is 123 g/mol. The van der Waals surface area contributed by atoms with E-state index in [1.165, 1.54) is 18.2 Å². The van der Waals surface area contributed by atoms with Gasteiger partial charge in [0.2, 0.25) is 0 Å². The zero-order chi connectivity index (χ0) is 6.85. The molecule has 9 heavy (non-hydrogen) atoms. The molecule has 3 nitrogen and oxygen atoms in total. The maximum atomic E-state index is 10.5. The minimum Gasteiger partial charge on any atom is -0.397 e. The minimum atomic E-state index is -0.110. The first-order valence-corrected chi connectivity index (χ1v) is 2.52. The van der Waals surface area contributed by atoms with Crippen molar-refractivity contribution < 1.29 is 5.11 Å². The van der Waals surface area contributed by atoms with Crippen LogP contribution in [0.2, 0.25) is 0 Å². The van der Waals surface area contributed by atoms with Crippen LogP contribution in [0, 0.1) is 0 Å². The molecular formula is C6H7N2O. The molecule has 0 aliphatic heterocycles. The van der Waals surface area contributed by atoms with E-state index < -0.39 is 0 Å². The van der Waals surface area contributed by atoms with Crippen LogP contribution >= 0.6 is 0 Å². The third kappa shape index (κ3) is 1.05. The van der Waals surface area contributed by atoms with Crippen molar-refractivity contribution in [2.75, 3.05) is 11.5 Å². The largest absolute Gasteiger partial charge is 0.397 e. The van der Waals surface area contributed by atoms with E-state index >= 15 is 0 Å². The van der Waals surface area contributed by atoms with Gasteiger partial charge >= 0.3 is 0 Å². The van der Waals surface area contributed by atoms with E-state index in [4.69, 9.17) is 11.5 Å². The molecule has 0 saturated carbocycles. The molecule has 0 spiro atoms. The lowest BCUT2D eigenvalue weighted by atomic mass is 10.3. The van der Waals surface area contributed by atoms with E-state index in [1.54, 1.807) is 0 Å². The first-order valence-electron chi connectivity index (χ1n) is 2.52. The fourth-order valence-electron chi connectivity index (χ4n) is 0.553. The lowest BCUT2D eigenvalue weighted by Gasteiger charge is -1.95. The normalized spacial score (nSPS) is 9.33. The first kappa shape index (κ1) is 5.75. The van der Waals surface area contributed by atoms with Gasteiger partial charge in [0.1, 0.15) is 0 Å². The molecule has 0 unspecified atom stereocenters. The zero-order valence-electron chi connectivity index (χ0n) is 4.79. The van der Waals surface area contributed by atoms with Crippen LogP contribution in [0.1, 0.15) is 0 Å². The molecule has 1 rings (SSSR count). The van der Waals surface area contributed by atoms with Crippen LogP contribution in [0.5, 0.6) is 5.75 Å². The lowest BCUT2D eigenvalue weighted by Crippen LogP contribution is -1.92. The van der Waals surface area contributed by atoms with Gasteiger partial charge in [-0.3, -0.25) is 5.11 Å². The Hall–Kier alpha value is -1.38. The van der Waals surface area contributed by atoms with E-state index in [0.29, 0.717) is 11.4 Å². The number of benzene rings is 1. The zero-order valence-corrected chi connectivity index (χ0v) is 4.79. The van der Waals surface area contributed by atoms with Crippen LogP contribution in [0.3, 0.4) is 0 Å². The Morgan fingerprint density at radius 1 is 1.11 bits per heavy atom. The molecule has 0 aliphatic rings. The summed E-state index contributed by atoms with van der Waals surface area (Å²) in [5, 5.41) is 10.5. The maximum absolute atomic E-state index is 10.5. The molecule has 0 atom stereocenters. The third-order valence-corrected chi connectivity index (χ3v) is 1.06. The second-order valence-electron chi connectivity index (χ2n) is 1.79. The van der Waals surface area contributed by atoms with Crippen molar-refractivity contribution in [2.24, 2.45) is 0 Å². The summed E-state index contributed by atoms with van der Waals surface area (Å²) >= 11 is 0.